The average molecular weight is 573 g/mol. The van der Waals surface area contributed by atoms with Gasteiger partial charge in [-0.05, 0) is 62.4 Å². The van der Waals surface area contributed by atoms with E-state index >= 15 is 0 Å². The average Bonchev–Trinajstić information content (AvgIpc) is 3.09. The summed E-state index contributed by atoms with van der Waals surface area (Å²) in [7, 11) is 0. The predicted molar refractivity (Wildman–Crippen MR) is 156 cm³/mol. The number of aliphatic imine (C=N–C) groups is 1. The second-order valence-electron chi connectivity index (χ2n) is 10.8. The number of carbonyl (C=O) groups is 1. The fourth-order valence-corrected chi connectivity index (χ4v) is 5.42. The fraction of sp³-hybridized carbons (Fsp3) is 0.226. The SMILES string of the molecule is CC1(C)CN(C(=O)c2ccc(Nc3ncc4c(n3)-c3ccc(Cl)cc3C(c3c(F)cccc3F)=NC4)cc2)CCN1. The predicted octanol–water partition coefficient (Wildman–Crippen LogP) is 5.99. The maximum Gasteiger partial charge on any atom is 0.253 e. The van der Waals surface area contributed by atoms with E-state index in [1.54, 1.807) is 36.5 Å². The van der Waals surface area contributed by atoms with Crippen LogP contribution < -0.4 is 10.6 Å². The van der Waals surface area contributed by atoms with Gasteiger partial charge in [0.15, 0.2) is 0 Å². The van der Waals surface area contributed by atoms with Crippen LogP contribution in [0, 0.1) is 11.6 Å². The minimum absolute atomic E-state index is 0.00947. The molecule has 1 saturated heterocycles. The molecule has 2 aliphatic heterocycles. The van der Waals surface area contributed by atoms with Crippen LogP contribution in [0.2, 0.25) is 5.02 Å². The molecule has 2 aliphatic rings. The van der Waals surface area contributed by atoms with Crippen molar-refractivity contribution in [1.29, 1.82) is 0 Å². The molecule has 6 rings (SSSR count). The van der Waals surface area contributed by atoms with E-state index in [0.29, 0.717) is 57.7 Å². The first-order valence-electron chi connectivity index (χ1n) is 13.2. The summed E-state index contributed by atoms with van der Waals surface area (Å²) in [6, 6.07) is 16.0. The molecule has 4 aromatic rings. The minimum atomic E-state index is -0.711. The van der Waals surface area contributed by atoms with Crippen molar-refractivity contribution in [2.45, 2.75) is 25.9 Å². The number of rotatable bonds is 4. The molecule has 0 unspecified atom stereocenters. The van der Waals surface area contributed by atoms with E-state index in [1.807, 2.05) is 17.0 Å². The standard InChI is InChI=1S/C31H27ClF2N6O/c1-31(2)17-40(13-12-37-31)29(41)18-6-9-21(10-7-18)38-30-36-16-19-15-35-28(26-24(33)4-3-5-25(26)34)23-14-20(32)8-11-22(23)27(19)39-30/h3-11,14,16,37H,12-13,15,17H2,1-2H3,(H,36,38,39). The molecule has 3 heterocycles. The molecule has 0 aliphatic carbocycles. The molecule has 3 aromatic carbocycles. The molecule has 1 fully saturated rings. The van der Waals surface area contributed by atoms with Gasteiger partial charge in [0.1, 0.15) is 11.6 Å². The number of hydrogen-bond donors (Lipinski definition) is 2. The van der Waals surface area contributed by atoms with Crippen molar-refractivity contribution in [3.63, 3.8) is 0 Å². The second-order valence-corrected chi connectivity index (χ2v) is 11.2. The zero-order valence-corrected chi connectivity index (χ0v) is 23.3. The zero-order chi connectivity index (χ0) is 28.7. The molecule has 0 bridgehead atoms. The van der Waals surface area contributed by atoms with Crippen molar-refractivity contribution in [1.82, 2.24) is 20.2 Å². The Hall–Kier alpha value is -4.21. The van der Waals surface area contributed by atoms with Crippen molar-refractivity contribution >= 4 is 34.9 Å². The molecule has 0 saturated carbocycles. The maximum atomic E-state index is 14.8. The number of benzene rings is 3. The summed E-state index contributed by atoms with van der Waals surface area (Å²) in [6.07, 6.45) is 1.65. The van der Waals surface area contributed by atoms with Gasteiger partial charge in [0, 0.05) is 64.3 Å². The summed E-state index contributed by atoms with van der Waals surface area (Å²) in [4.78, 5) is 28.7. The number of piperazine rings is 1. The van der Waals surface area contributed by atoms with Gasteiger partial charge in [-0.15, -0.1) is 0 Å². The Labute approximate surface area is 241 Å². The summed E-state index contributed by atoms with van der Waals surface area (Å²) in [6.45, 7) is 6.34. The maximum absolute atomic E-state index is 14.8. The fourth-order valence-electron chi connectivity index (χ4n) is 5.24. The van der Waals surface area contributed by atoms with Crippen LogP contribution in [0.1, 0.15) is 40.9 Å². The highest BCUT2D eigenvalue weighted by molar-refractivity contribution is 6.31. The lowest BCUT2D eigenvalue weighted by Gasteiger charge is -2.39. The normalized spacial score (nSPS) is 15.8. The molecule has 0 spiro atoms. The molecule has 41 heavy (non-hydrogen) atoms. The highest BCUT2D eigenvalue weighted by atomic mass is 35.5. The third kappa shape index (κ3) is 5.42. The van der Waals surface area contributed by atoms with Crippen LogP contribution in [0.4, 0.5) is 20.4 Å². The van der Waals surface area contributed by atoms with Gasteiger partial charge in [0.2, 0.25) is 5.95 Å². The number of nitrogens with zero attached hydrogens (tertiary/aromatic N) is 4. The molecule has 1 aromatic heterocycles. The molecule has 1 amide bonds. The lowest BCUT2D eigenvalue weighted by atomic mass is 9.95. The Kier molecular flexibility index (Phi) is 7.01. The Morgan fingerprint density at radius 2 is 1.80 bits per heavy atom. The van der Waals surface area contributed by atoms with E-state index in [2.05, 4.69) is 34.5 Å². The molecule has 2 N–H and O–H groups in total. The molecule has 0 atom stereocenters. The van der Waals surface area contributed by atoms with Crippen LogP contribution in [0.25, 0.3) is 11.3 Å². The Balaban J connectivity index is 1.29. The van der Waals surface area contributed by atoms with E-state index in [9.17, 15) is 13.6 Å². The van der Waals surface area contributed by atoms with E-state index in [0.717, 1.165) is 6.54 Å². The Morgan fingerprint density at radius 1 is 1.05 bits per heavy atom. The minimum Gasteiger partial charge on any atom is -0.336 e. The Morgan fingerprint density at radius 3 is 2.54 bits per heavy atom. The van der Waals surface area contributed by atoms with Gasteiger partial charge in [-0.1, -0.05) is 23.7 Å². The van der Waals surface area contributed by atoms with Crippen molar-refractivity contribution in [2.24, 2.45) is 4.99 Å². The van der Waals surface area contributed by atoms with Crippen LogP contribution in [0.15, 0.2) is 71.9 Å². The van der Waals surface area contributed by atoms with E-state index in [4.69, 9.17) is 16.6 Å². The van der Waals surface area contributed by atoms with Gasteiger partial charge >= 0.3 is 0 Å². The van der Waals surface area contributed by atoms with E-state index < -0.39 is 11.6 Å². The number of halogens is 3. The van der Waals surface area contributed by atoms with Crippen molar-refractivity contribution < 1.29 is 13.6 Å². The molecular weight excluding hydrogens is 546 g/mol. The third-order valence-electron chi connectivity index (χ3n) is 7.21. The lowest BCUT2D eigenvalue weighted by molar-refractivity contribution is 0.0652. The van der Waals surface area contributed by atoms with Crippen LogP contribution in [0.3, 0.4) is 0 Å². The first-order chi connectivity index (χ1) is 19.7. The van der Waals surface area contributed by atoms with Gasteiger partial charge in [-0.3, -0.25) is 9.79 Å². The van der Waals surface area contributed by atoms with Crippen LogP contribution >= 0.6 is 11.6 Å². The zero-order valence-electron chi connectivity index (χ0n) is 22.5. The van der Waals surface area contributed by atoms with Crippen LogP contribution in [0.5, 0.6) is 0 Å². The molecule has 0 radical (unpaired) electrons. The monoisotopic (exact) mass is 572 g/mol. The van der Waals surface area contributed by atoms with Gasteiger partial charge < -0.3 is 15.5 Å². The summed E-state index contributed by atoms with van der Waals surface area (Å²) in [5, 5.41) is 7.02. The van der Waals surface area contributed by atoms with Gasteiger partial charge in [-0.2, -0.15) is 0 Å². The first kappa shape index (κ1) is 27.0. The van der Waals surface area contributed by atoms with E-state index in [1.165, 1.54) is 18.2 Å². The molecular formula is C31H27ClF2N6O. The number of carbonyl (C=O) groups excluding carboxylic acids is 1. The Bertz CT molecular complexity index is 1670. The number of hydrogen-bond acceptors (Lipinski definition) is 6. The summed E-state index contributed by atoms with van der Waals surface area (Å²) in [5.74, 6) is -1.11. The number of amides is 1. The summed E-state index contributed by atoms with van der Waals surface area (Å²) < 4.78 is 29.6. The molecule has 208 valence electrons. The van der Waals surface area contributed by atoms with Gasteiger partial charge in [0.25, 0.3) is 5.91 Å². The third-order valence-corrected chi connectivity index (χ3v) is 7.45. The summed E-state index contributed by atoms with van der Waals surface area (Å²) >= 11 is 6.31. The van der Waals surface area contributed by atoms with Gasteiger partial charge in [0.05, 0.1) is 23.5 Å². The number of anilines is 2. The number of nitrogens with one attached hydrogen (secondary N) is 2. The smallest absolute Gasteiger partial charge is 0.253 e. The second kappa shape index (κ2) is 10.6. The molecule has 10 heteroatoms. The number of aromatic nitrogens is 2. The van der Waals surface area contributed by atoms with Crippen molar-refractivity contribution in [2.75, 3.05) is 25.0 Å². The number of fused-ring (bicyclic) bond motifs is 3. The quantitative estimate of drug-likeness (QED) is 0.314. The van der Waals surface area contributed by atoms with Crippen molar-refractivity contribution in [3.8, 4) is 11.3 Å². The topological polar surface area (TPSA) is 82.5 Å². The highest BCUT2D eigenvalue weighted by Gasteiger charge is 2.29. The molecule has 7 nitrogen and oxygen atoms in total. The highest BCUT2D eigenvalue weighted by Crippen LogP contribution is 2.34. The lowest BCUT2D eigenvalue weighted by Crippen LogP contribution is -2.58. The largest absolute Gasteiger partial charge is 0.336 e. The first-order valence-corrected chi connectivity index (χ1v) is 13.6. The van der Waals surface area contributed by atoms with Crippen molar-refractivity contribution in [3.05, 3.63) is 106 Å². The summed E-state index contributed by atoms with van der Waals surface area (Å²) in [5.41, 5.74) is 3.52. The van der Waals surface area contributed by atoms with Crippen LogP contribution in [-0.2, 0) is 6.54 Å². The van der Waals surface area contributed by atoms with E-state index in [-0.39, 0.29) is 29.3 Å². The van der Waals surface area contributed by atoms with Gasteiger partial charge in [-0.25, -0.2) is 18.7 Å². The van der Waals surface area contributed by atoms with Crippen LogP contribution in [-0.4, -0.2) is 51.7 Å².